The van der Waals surface area contributed by atoms with Crippen LogP contribution in [0.15, 0.2) is 0 Å². The fraction of sp³-hybridized carbons (Fsp3) is 0.857. The SMILES string of the molecule is CN1CC[C@H]2C[C@@H]1C(=O)O2. The Kier molecular flexibility index (Phi) is 1.20. The first-order valence-corrected chi connectivity index (χ1v) is 3.68. The van der Waals surface area contributed by atoms with Crippen molar-refractivity contribution in [2.24, 2.45) is 0 Å². The molecule has 0 aromatic carbocycles. The highest BCUT2D eigenvalue weighted by atomic mass is 16.6. The van der Waals surface area contributed by atoms with Gasteiger partial charge in [-0.3, -0.25) is 9.69 Å². The average Bonchev–Trinajstić information content (AvgIpc) is 2.21. The Hall–Kier alpha value is -0.570. The van der Waals surface area contributed by atoms with Crippen LogP contribution < -0.4 is 0 Å². The maximum Gasteiger partial charge on any atom is 0.323 e. The largest absolute Gasteiger partial charge is 0.461 e. The number of hydrogen-bond acceptors (Lipinski definition) is 3. The smallest absolute Gasteiger partial charge is 0.323 e. The highest BCUT2D eigenvalue weighted by Gasteiger charge is 2.40. The molecule has 2 bridgehead atoms. The lowest BCUT2D eigenvalue weighted by molar-refractivity contribution is -0.143. The van der Waals surface area contributed by atoms with E-state index in [9.17, 15) is 4.79 Å². The van der Waals surface area contributed by atoms with Gasteiger partial charge in [0.1, 0.15) is 12.1 Å². The van der Waals surface area contributed by atoms with Crippen molar-refractivity contribution >= 4 is 5.97 Å². The number of likely N-dealkylation sites (N-methyl/N-ethyl adjacent to an activating group) is 1. The zero-order chi connectivity index (χ0) is 7.14. The molecular formula is C7H11NO2. The molecule has 0 aliphatic carbocycles. The number of likely N-dealkylation sites (tertiary alicyclic amines) is 1. The number of rotatable bonds is 0. The molecule has 3 heteroatoms. The Labute approximate surface area is 60.0 Å². The van der Waals surface area contributed by atoms with E-state index in [1.54, 1.807) is 0 Å². The predicted octanol–water partition coefficient (Wildman–Crippen LogP) is 0.00600. The molecule has 2 fully saturated rings. The normalized spacial score (nSPS) is 39.9. The third-order valence-electron chi connectivity index (χ3n) is 2.38. The highest BCUT2D eigenvalue weighted by Crippen LogP contribution is 2.26. The molecule has 56 valence electrons. The second-order valence-corrected chi connectivity index (χ2v) is 3.08. The quantitative estimate of drug-likeness (QED) is 0.445. The van der Waals surface area contributed by atoms with Gasteiger partial charge in [0.05, 0.1) is 0 Å². The van der Waals surface area contributed by atoms with Crippen LogP contribution >= 0.6 is 0 Å². The molecule has 0 radical (unpaired) electrons. The van der Waals surface area contributed by atoms with E-state index in [2.05, 4.69) is 4.90 Å². The minimum absolute atomic E-state index is 0.0231. The Morgan fingerprint density at radius 1 is 1.70 bits per heavy atom. The van der Waals surface area contributed by atoms with Gasteiger partial charge in [-0.1, -0.05) is 0 Å². The molecule has 2 saturated heterocycles. The topological polar surface area (TPSA) is 29.5 Å². The van der Waals surface area contributed by atoms with Crippen molar-refractivity contribution in [1.29, 1.82) is 0 Å². The lowest BCUT2D eigenvalue weighted by Crippen LogP contribution is -2.38. The summed E-state index contributed by atoms with van der Waals surface area (Å²) in [6, 6.07) is 0.0683. The zero-order valence-electron chi connectivity index (χ0n) is 6.04. The molecule has 0 aromatic rings. The summed E-state index contributed by atoms with van der Waals surface area (Å²) >= 11 is 0. The molecule has 0 N–H and O–H groups in total. The predicted molar refractivity (Wildman–Crippen MR) is 35.5 cm³/mol. The number of nitrogens with zero attached hydrogens (tertiary/aromatic N) is 1. The van der Waals surface area contributed by atoms with Crippen molar-refractivity contribution in [3.05, 3.63) is 0 Å². The number of hydrogen-bond donors (Lipinski definition) is 0. The molecule has 2 heterocycles. The monoisotopic (exact) mass is 141 g/mol. The first-order valence-electron chi connectivity index (χ1n) is 3.68. The Morgan fingerprint density at radius 2 is 2.50 bits per heavy atom. The van der Waals surface area contributed by atoms with E-state index in [4.69, 9.17) is 4.74 Å². The van der Waals surface area contributed by atoms with Crippen LogP contribution in [0.2, 0.25) is 0 Å². The number of piperidine rings is 1. The van der Waals surface area contributed by atoms with Crippen molar-refractivity contribution in [1.82, 2.24) is 4.90 Å². The lowest BCUT2D eigenvalue weighted by atomic mass is 10.0. The van der Waals surface area contributed by atoms with Crippen LogP contribution in [-0.4, -0.2) is 36.6 Å². The molecular weight excluding hydrogens is 130 g/mol. The summed E-state index contributed by atoms with van der Waals surface area (Å²) in [5.74, 6) is -0.0231. The van der Waals surface area contributed by atoms with E-state index >= 15 is 0 Å². The summed E-state index contributed by atoms with van der Waals surface area (Å²) < 4.78 is 5.08. The lowest BCUT2D eigenvalue weighted by Gasteiger charge is -2.24. The molecule has 2 rings (SSSR count). The van der Waals surface area contributed by atoms with Gasteiger partial charge in [0, 0.05) is 13.0 Å². The van der Waals surface area contributed by atoms with Gasteiger partial charge in [-0.25, -0.2) is 0 Å². The van der Waals surface area contributed by atoms with E-state index in [1.807, 2.05) is 7.05 Å². The van der Waals surface area contributed by atoms with Gasteiger partial charge in [0.2, 0.25) is 0 Å². The minimum Gasteiger partial charge on any atom is -0.461 e. The summed E-state index contributed by atoms with van der Waals surface area (Å²) in [5, 5.41) is 0. The highest BCUT2D eigenvalue weighted by molar-refractivity contribution is 5.78. The van der Waals surface area contributed by atoms with Crippen molar-refractivity contribution in [2.75, 3.05) is 13.6 Å². The first kappa shape index (κ1) is 6.16. The van der Waals surface area contributed by atoms with Crippen molar-refractivity contribution in [3.8, 4) is 0 Å². The maximum absolute atomic E-state index is 11.0. The second-order valence-electron chi connectivity index (χ2n) is 3.08. The molecule has 2 aliphatic rings. The summed E-state index contributed by atoms with van der Waals surface area (Å²) in [5.41, 5.74) is 0. The number of carbonyl (C=O) groups excluding carboxylic acids is 1. The van der Waals surface area contributed by atoms with Gasteiger partial charge in [0.25, 0.3) is 0 Å². The molecule has 2 atom stereocenters. The minimum atomic E-state index is -0.0231. The second kappa shape index (κ2) is 1.95. The summed E-state index contributed by atoms with van der Waals surface area (Å²) in [6.45, 7) is 1.00. The molecule has 0 aromatic heterocycles. The standard InChI is InChI=1S/C7H11NO2/c1-8-3-2-5-4-6(8)7(9)10-5/h5-6H,2-4H2,1H3/t5-,6+/m0/s1. The van der Waals surface area contributed by atoms with Gasteiger partial charge < -0.3 is 4.74 Å². The maximum atomic E-state index is 11.0. The van der Waals surface area contributed by atoms with E-state index in [0.717, 1.165) is 19.4 Å². The number of esters is 1. The summed E-state index contributed by atoms with van der Waals surface area (Å²) in [4.78, 5) is 13.1. The van der Waals surface area contributed by atoms with Crippen LogP contribution in [0.25, 0.3) is 0 Å². The number of carbonyl (C=O) groups is 1. The summed E-state index contributed by atoms with van der Waals surface area (Å²) in [6.07, 6.45) is 2.15. The molecule has 3 nitrogen and oxygen atoms in total. The van der Waals surface area contributed by atoms with Crippen molar-refractivity contribution < 1.29 is 9.53 Å². The van der Waals surface area contributed by atoms with Crippen LogP contribution in [0, 0.1) is 0 Å². The molecule has 0 spiro atoms. The molecule has 0 saturated carbocycles. The average molecular weight is 141 g/mol. The Balaban J connectivity index is 2.17. The van der Waals surface area contributed by atoms with Gasteiger partial charge in [0.15, 0.2) is 0 Å². The fourth-order valence-electron chi connectivity index (χ4n) is 1.68. The van der Waals surface area contributed by atoms with Crippen LogP contribution in [-0.2, 0) is 9.53 Å². The van der Waals surface area contributed by atoms with Crippen LogP contribution in [0.5, 0.6) is 0 Å². The third-order valence-corrected chi connectivity index (χ3v) is 2.38. The van der Waals surface area contributed by atoms with Gasteiger partial charge >= 0.3 is 5.97 Å². The Morgan fingerprint density at radius 3 is 3.20 bits per heavy atom. The third kappa shape index (κ3) is 0.736. The van der Waals surface area contributed by atoms with E-state index in [0.29, 0.717) is 0 Å². The van der Waals surface area contributed by atoms with Gasteiger partial charge in [-0.2, -0.15) is 0 Å². The van der Waals surface area contributed by atoms with Crippen molar-refractivity contribution in [3.63, 3.8) is 0 Å². The van der Waals surface area contributed by atoms with Crippen LogP contribution in [0.3, 0.4) is 0 Å². The van der Waals surface area contributed by atoms with Gasteiger partial charge in [-0.05, 0) is 13.5 Å². The summed E-state index contributed by atoms with van der Waals surface area (Å²) in [7, 11) is 1.98. The van der Waals surface area contributed by atoms with E-state index in [1.165, 1.54) is 0 Å². The van der Waals surface area contributed by atoms with Crippen molar-refractivity contribution in [2.45, 2.75) is 25.0 Å². The number of fused-ring (bicyclic) bond motifs is 2. The van der Waals surface area contributed by atoms with Gasteiger partial charge in [-0.15, -0.1) is 0 Å². The van der Waals surface area contributed by atoms with E-state index in [-0.39, 0.29) is 18.1 Å². The molecule has 10 heavy (non-hydrogen) atoms. The van der Waals surface area contributed by atoms with Crippen LogP contribution in [0.4, 0.5) is 0 Å². The Bertz CT molecular complexity index is 169. The number of ether oxygens (including phenoxy) is 1. The molecule has 2 aliphatic heterocycles. The van der Waals surface area contributed by atoms with E-state index < -0.39 is 0 Å². The first-order chi connectivity index (χ1) is 4.77. The fourth-order valence-corrected chi connectivity index (χ4v) is 1.68. The zero-order valence-corrected chi connectivity index (χ0v) is 6.04. The van der Waals surface area contributed by atoms with Crippen LogP contribution in [0.1, 0.15) is 12.8 Å². The molecule has 0 unspecified atom stereocenters. The molecule has 0 amide bonds.